The van der Waals surface area contributed by atoms with E-state index < -0.39 is 0 Å². The molecule has 0 aliphatic rings. The molecule has 0 radical (unpaired) electrons. The molecule has 1 amide bonds. The van der Waals surface area contributed by atoms with Gasteiger partial charge in [-0.2, -0.15) is 0 Å². The normalized spacial score (nSPS) is 10.8. The minimum Gasteiger partial charge on any atom is -0.352 e. The van der Waals surface area contributed by atoms with Crippen molar-refractivity contribution in [3.05, 3.63) is 59.1 Å². The number of thiophene rings is 1. The molecular weight excluding hydrogens is 320 g/mol. The van der Waals surface area contributed by atoms with Gasteiger partial charge in [0.05, 0.1) is 21.8 Å². The second kappa shape index (κ2) is 7.40. The maximum absolute atomic E-state index is 12.3. The predicted molar refractivity (Wildman–Crippen MR) is 96.2 cm³/mol. The molecule has 24 heavy (non-hydrogen) atoms. The lowest BCUT2D eigenvalue weighted by Crippen LogP contribution is -2.26. The Morgan fingerprint density at radius 2 is 2.17 bits per heavy atom. The topological polar surface area (TPSA) is 59.8 Å². The van der Waals surface area contributed by atoms with E-state index in [9.17, 15) is 4.79 Å². The average Bonchev–Trinajstić information content (AvgIpc) is 3.23. The van der Waals surface area contributed by atoms with E-state index in [-0.39, 0.29) is 5.91 Å². The Kier molecular flexibility index (Phi) is 5.05. The number of imidazole rings is 1. The molecule has 0 aliphatic carbocycles. The van der Waals surface area contributed by atoms with Crippen LogP contribution in [0.5, 0.6) is 0 Å². The smallest absolute Gasteiger partial charge is 0.253 e. The van der Waals surface area contributed by atoms with Crippen LogP contribution in [-0.4, -0.2) is 27.0 Å². The second-order valence-corrected chi connectivity index (χ2v) is 6.53. The minimum atomic E-state index is -0.0694. The molecule has 0 saturated carbocycles. The molecular formula is C18H20N4OS. The molecule has 1 N–H and O–H groups in total. The van der Waals surface area contributed by atoms with E-state index in [4.69, 9.17) is 0 Å². The van der Waals surface area contributed by atoms with Crippen LogP contribution < -0.4 is 5.32 Å². The quantitative estimate of drug-likeness (QED) is 0.699. The number of nitrogens with one attached hydrogen (secondary N) is 1. The van der Waals surface area contributed by atoms with E-state index in [1.54, 1.807) is 17.5 Å². The SMILES string of the molecule is Cc1nc(-c2cccs2)ccc1C(=O)NCCCn1ccnc1C. The fourth-order valence-electron chi connectivity index (χ4n) is 2.55. The summed E-state index contributed by atoms with van der Waals surface area (Å²) in [5.41, 5.74) is 2.30. The number of hydrogen-bond donors (Lipinski definition) is 1. The second-order valence-electron chi connectivity index (χ2n) is 5.58. The zero-order chi connectivity index (χ0) is 16.9. The summed E-state index contributed by atoms with van der Waals surface area (Å²) < 4.78 is 2.08. The van der Waals surface area contributed by atoms with Gasteiger partial charge in [-0.05, 0) is 43.8 Å². The summed E-state index contributed by atoms with van der Waals surface area (Å²) in [6.07, 6.45) is 4.61. The van der Waals surface area contributed by atoms with Gasteiger partial charge in [0.25, 0.3) is 5.91 Å². The average molecular weight is 340 g/mol. The van der Waals surface area contributed by atoms with E-state index >= 15 is 0 Å². The first-order valence-electron chi connectivity index (χ1n) is 7.92. The Morgan fingerprint density at radius 1 is 1.29 bits per heavy atom. The standard InChI is InChI=1S/C18H20N4OS/c1-13-15(6-7-16(21-13)17-5-3-12-24-17)18(23)20-8-4-10-22-11-9-19-14(22)2/h3,5-7,9,11-12H,4,8,10H2,1-2H3,(H,20,23). The number of rotatable bonds is 6. The summed E-state index contributed by atoms with van der Waals surface area (Å²) in [5, 5.41) is 4.99. The van der Waals surface area contributed by atoms with E-state index in [0.717, 1.165) is 35.1 Å². The Hall–Kier alpha value is -2.47. The number of pyridine rings is 1. The van der Waals surface area contributed by atoms with Gasteiger partial charge >= 0.3 is 0 Å². The number of hydrogen-bond acceptors (Lipinski definition) is 4. The molecule has 3 heterocycles. The van der Waals surface area contributed by atoms with Gasteiger partial charge in [0, 0.05) is 25.5 Å². The lowest BCUT2D eigenvalue weighted by Gasteiger charge is -2.09. The van der Waals surface area contributed by atoms with Crippen LogP contribution in [0.1, 0.15) is 28.3 Å². The van der Waals surface area contributed by atoms with Crippen LogP contribution in [0.2, 0.25) is 0 Å². The molecule has 0 aliphatic heterocycles. The molecule has 0 saturated heterocycles. The monoisotopic (exact) mass is 340 g/mol. The molecule has 0 aromatic carbocycles. The molecule has 6 heteroatoms. The van der Waals surface area contributed by atoms with Crippen molar-refractivity contribution in [2.24, 2.45) is 0 Å². The molecule has 5 nitrogen and oxygen atoms in total. The minimum absolute atomic E-state index is 0.0694. The summed E-state index contributed by atoms with van der Waals surface area (Å²) >= 11 is 1.65. The summed E-state index contributed by atoms with van der Waals surface area (Å²) in [4.78, 5) is 22.2. The third-order valence-corrected chi connectivity index (χ3v) is 4.78. The maximum Gasteiger partial charge on any atom is 0.253 e. The van der Waals surface area contributed by atoms with Crippen molar-refractivity contribution in [3.8, 4) is 10.6 Å². The first kappa shape index (κ1) is 16.4. The van der Waals surface area contributed by atoms with Gasteiger partial charge < -0.3 is 9.88 Å². The summed E-state index contributed by atoms with van der Waals surface area (Å²) in [7, 11) is 0. The van der Waals surface area contributed by atoms with Crippen molar-refractivity contribution in [2.75, 3.05) is 6.54 Å². The molecule has 3 rings (SSSR count). The molecule has 0 unspecified atom stereocenters. The van der Waals surface area contributed by atoms with Gasteiger partial charge in [0.15, 0.2) is 0 Å². The first-order chi connectivity index (χ1) is 11.6. The Morgan fingerprint density at radius 3 is 2.83 bits per heavy atom. The van der Waals surface area contributed by atoms with E-state index in [1.807, 2.05) is 49.7 Å². The molecule has 3 aromatic rings. The van der Waals surface area contributed by atoms with Crippen molar-refractivity contribution in [1.29, 1.82) is 0 Å². The third-order valence-electron chi connectivity index (χ3n) is 3.89. The predicted octanol–water partition coefficient (Wildman–Crippen LogP) is 3.44. The zero-order valence-corrected chi connectivity index (χ0v) is 14.6. The molecule has 0 fully saturated rings. The van der Waals surface area contributed by atoms with Crippen molar-refractivity contribution in [1.82, 2.24) is 19.9 Å². The van der Waals surface area contributed by atoms with E-state index in [1.165, 1.54) is 0 Å². The van der Waals surface area contributed by atoms with Gasteiger partial charge in [-0.1, -0.05) is 6.07 Å². The largest absolute Gasteiger partial charge is 0.352 e. The number of nitrogens with zero attached hydrogens (tertiary/aromatic N) is 3. The number of aromatic nitrogens is 3. The van der Waals surface area contributed by atoms with Gasteiger partial charge in [-0.25, -0.2) is 4.98 Å². The van der Waals surface area contributed by atoms with Crippen LogP contribution in [-0.2, 0) is 6.54 Å². The van der Waals surface area contributed by atoms with E-state index in [0.29, 0.717) is 12.1 Å². The van der Waals surface area contributed by atoms with Crippen LogP contribution in [0.25, 0.3) is 10.6 Å². The van der Waals surface area contributed by atoms with Crippen LogP contribution >= 0.6 is 11.3 Å². The van der Waals surface area contributed by atoms with Gasteiger partial charge in [-0.15, -0.1) is 11.3 Å². The van der Waals surface area contributed by atoms with Crippen molar-refractivity contribution < 1.29 is 4.79 Å². The van der Waals surface area contributed by atoms with Crippen molar-refractivity contribution >= 4 is 17.2 Å². The van der Waals surface area contributed by atoms with Gasteiger partial charge in [0.1, 0.15) is 5.82 Å². The highest BCUT2D eigenvalue weighted by molar-refractivity contribution is 7.13. The molecule has 0 spiro atoms. The zero-order valence-electron chi connectivity index (χ0n) is 13.8. The maximum atomic E-state index is 12.3. The number of aryl methyl sites for hydroxylation is 3. The number of carbonyl (C=O) groups is 1. The van der Waals surface area contributed by atoms with Gasteiger partial charge in [0.2, 0.25) is 0 Å². The van der Waals surface area contributed by atoms with E-state index in [2.05, 4.69) is 19.9 Å². The fraction of sp³-hybridized carbons (Fsp3) is 0.278. The number of amides is 1. The van der Waals surface area contributed by atoms with Crippen LogP contribution in [0.15, 0.2) is 42.0 Å². The summed E-state index contributed by atoms with van der Waals surface area (Å²) in [6, 6.07) is 7.79. The van der Waals surface area contributed by atoms with Crippen LogP contribution in [0.4, 0.5) is 0 Å². The Bertz CT molecular complexity index is 823. The Balaban J connectivity index is 1.56. The lowest BCUT2D eigenvalue weighted by molar-refractivity contribution is 0.0951. The fourth-order valence-corrected chi connectivity index (χ4v) is 3.24. The number of carbonyl (C=O) groups excluding carboxylic acids is 1. The van der Waals surface area contributed by atoms with Crippen LogP contribution in [0, 0.1) is 13.8 Å². The highest BCUT2D eigenvalue weighted by atomic mass is 32.1. The molecule has 3 aromatic heterocycles. The Labute approximate surface area is 145 Å². The van der Waals surface area contributed by atoms with Crippen molar-refractivity contribution in [3.63, 3.8) is 0 Å². The van der Waals surface area contributed by atoms with Gasteiger partial charge in [-0.3, -0.25) is 9.78 Å². The summed E-state index contributed by atoms with van der Waals surface area (Å²) in [6.45, 7) is 5.33. The highest BCUT2D eigenvalue weighted by Gasteiger charge is 2.11. The first-order valence-corrected chi connectivity index (χ1v) is 8.80. The molecule has 0 atom stereocenters. The lowest BCUT2D eigenvalue weighted by atomic mass is 10.1. The summed E-state index contributed by atoms with van der Waals surface area (Å²) in [5.74, 6) is 0.922. The molecule has 0 bridgehead atoms. The molecule has 124 valence electrons. The highest BCUT2D eigenvalue weighted by Crippen LogP contribution is 2.23. The third kappa shape index (κ3) is 3.71. The van der Waals surface area contributed by atoms with Crippen molar-refractivity contribution in [2.45, 2.75) is 26.8 Å². The van der Waals surface area contributed by atoms with Crippen LogP contribution in [0.3, 0.4) is 0 Å².